The molecule has 1 fully saturated rings. The minimum absolute atomic E-state index is 0.978. The lowest BCUT2D eigenvalue weighted by Crippen LogP contribution is -2.13. The third-order valence-electron chi connectivity index (χ3n) is 4.00. The highest BCUT2D eigenvalue weighted by molar-refractivity contribution is 4.85. The summed E-state index contributed by atoms with van der Waals surface area (Å²) in [7, 11) is 0. The molecule has 1 aliphatic rings. The number of hydrogen-bond donors (Lipinski definition) is 0. The molecule has 0 aromatic rings. The van der Waals surface area contributed by atoms with Crippen LogP contribution in [0.1, 0.15) is 93.9 Å². The Morgan fingerprint density at radius 2 is 1.28 bits per heavy atom. The molecule has 0 aliphatic heterocycles. The van der Waals surface area contributed by atoms with E-state index >= 15 is 0 Å². The zero-order chi connectivity index (χ0) is 14.6. The number of hydrogen-bond acceptors (Lipinski definition) is 0. The minimum Gasteiger partial charge on any atom is -0.0656 e. The smallest absolute Gasteiger partial charge is 0.0358 e. The molecular weight excluding hydrogens is 216 g/mol. The summed E-state index contributed by atoms with van der Waals surface area (Å²) in [6.07, 6.45) is 8.23. The first-order chi connectivity index (χ1) is 8.53. The van der Waals surface area contributed by atoms with Crippen molar-refractivity contribution in [1.29, 1.82) is 0 Å². The molecule has 0 saturated heterocycles. The Morgan fingerprint density at radius 1 is 0.833 bits per heavy atom. The molecule has 4 atom stereocenters. The normalized spacial score (nSPS) is 30.0. The molecule has 1 saturated carbocycles. The Hall–Kier alpha value is 0. The lowest BCUT2D eigenvalue weighted by atomic mass is 9.84. The zero-order valence-electron chi connectivity index (χ0n) is 14.6. The molecule has 1 rings (SSSR count). The maximum absolute atomic E-state index is 2.46. The molecular formula is C18H40. The summed E-state index contributed by atoms with van der Waals surface area (Å²) < 4.78 is 0. The van der Waals surface area contributed by atoms with E-state index in [0.29, 0.717) is 0 Å². The van der Waals surface area contributed by atoms with Crippen molar-refractivity contribution in [1.82, 2.24) is 0 Å². The van der Waals surface area contributed by atoms with E-state index in [0.717, 1.165) is 23.7 Å². The van der Waals surface area contributed by atoms with Gasteiger partial charge in [0.2, 0.25) is 0 Å². The third kappa shape index (κ3) is 8.16. The van der Waals surface area contributed by atoms with E-state index in [1.807, 2.05) is 0 Å². The summed E-state index contributed by atoms with van der Waals surface area (Å²) in [6, 6.07) is 0. The summed E-state index contributed by atoms with van der Waals surface area (Å²) in [5.74, 6) is 4.03. The van der Waals surface area contributed by atoms with Gasteiger partial charge in [0.25, 0.3) is 0 Å². The fraction of sp³-hybridized carbons (Fsp3) is 1.00. The van der Waals surface area contributed by atoms with Gasteiger partial charge in [-0.1, -0.05) is 87.5 Å². The Morgan fingerprint density at radius 3 is 1.61 bits per heavy atom. The van der Waals surface area contributed by atoms with Crippen molar-refractivity contribution in [3.63, 3.8) is 0 Å². The van der Waals surface area contributed by atoms with Crippen LogP contribution in [0, 0.1) is 23.7 Å². The van der Waals surface area contributed by atoms with E-state index in [-0.39, 0.29) is 0 Å². The van der Waals surface area contributed by atoms with Gasteiger partial charge in [-0.2, -0.15) is 0 Å². The molecule has 0 amide bonds. The van der Waals surface area contributed by atoms with Crippen molar-refractivity contribution < 1.29 is 0 Å². The predicted molar refractivity (Wildman–Crippen MR) is 87.1 cm³/mol. The van der Waals surface area contributed by atoms with Crippen molar-refractivity contribution in [2.45, 2.75) is 93.9 Å². The van der Waals surface area contributed by atoms with Crippen LogP contribution in [0.4, 0.5) is 0 Å². The Labute approximate surface area is 118 Å². The highest BCUT2D eigenvalue weighted by Gasteiger charge is 2.36. The molecule has 0 heterocycles. The molecule has 112 valence electrons. The summed E-state index contributed by atoms with van der Waals surface area (Å²) in [5.41, 5.74) is 0. The van der Waals surface area contributed by atoms with E-state index in [2.05, 4.69) is 55.4 Å². The molecule has 0 radical (unpaired) electrons. The van der Waals surface area contributed by atoms with Crippen LogP contribution < -0.4 is 0 Å². The van der Waals surface area contributed by atoms with Gasteiger partial charge in [0, 0.05) is 0 Å². The van der Waals surface area contributed by atoms with Gasteiger partial charge >= 0.3 is 0 Å². The van der Waals surface area contributed by atoms with Gasteiger partial charge in [0.1, 0.15) is 0 Å². The van der Waals surface area contributed by atoms with Crippen LogP contribution in [0.25, 0.3) is 0 Å². The van der Waals surface area contributed by atoms with E-state index in [9.17, 15) is 0 Å². The topological polar surface area (TPSA) is 0 Å². The number of rotatable bonds is 3. The van der Waals surface area contributed by atoms with Gasteiger partial charge in [0.15, 0.2) is 0 Å². The van der Waals surface area contributed by atoms with E-state index in [1.54, 1.807) is 0 Å². The highest BCUT2D eigenvalue weighted by Crippen LogP contribution is 2.44. The van der Waals surface area contributed by atoms with Crippen LogP contribution in [0.5, 0.6) is 0 Å². The Kier molecular flexibility index (Phi) is 15.2. The van der Waals surface area contributed by atoms with Gasteiger partial charge in [-0.15, -0.1) is 0 Å². The average Bonchev–Trinajstić information content (AvgIpc) is 2.59. The molecule has 18 heavy (non-hydrogen) atoms. The summed E-state index contributed by atoms with van der Waals surface area (Å²) >= 11 is 0. The fourth-order valence-electron chi connectivity index (χ4n) is 3.02. The molecule has 1 aliphatic carbocycles. The van der Waals surface area contributed by atoms with E-state index in [1.165, 1.54) is 38.5 Å². The largest absolute Gasteiger partial charge is 0.0656 e. The molecule has 0 aromatic heterocycles. The maximum atomic E-state index is 2.46. The predicted octanol–water partition coefficient (Wildman–Crippen LogP) is 6.94. The first-order valence-corrected chi connectivity index (χ1v) is 8.53. The van der Waals surface area contributed by atoms with Crippen LogP contribution in [0.15, 0.2) is 0 Å². The summed E-state index contributed by atoms with van der Waals surface area (Å²) in [6.45, 7) is 18.1. The van der Waals surface area contributed by atoms with Crippen molar-refractivity contribution in [3.8, 4) is 0 Å². The van der Waals surface area contributed by atoms with Gasteiger partial charge in [-0.3, -0.25) is 0 Å². The zero-order valence-corrected chi connectivity index (χ0v) is 14.6. The van der Waals surface area contributed by atoms with Gasteiger partial charge < -0.3 is 0 Å². The van der Waals surface area contributed by atoms with Crippen molar-refractivity contribution in [2.24, 2.45) is 23.7 Å². The minimum atomic E-state index is 0.978. The molecule has 0 N–H and O–H groups in total. The second kappa shape index (κ2) is 13.4. The second-order valence-electron chi connectivity index (χ2n) is 6.11. The molecule has 0 bridgehead atoms. The van der Waals surface area contributed by atoms with Gasteiger partial charge in [-0.25, -0.2) is 0 Å². The maximum Gasteiger partial charge on any atom is -0.0358 e. The second-order valence-corrected chi connectivity index (χ2v) is 6.11. The molecule has 0 aromatic carbocycles. The van der Waals surface area contributed by atoms with Crippen LogP contribution in [0.2, 0.25) is 0 Å². The highest BCUT2D eigenvalue weighted by atomic mass is 14.4. The molecule has 4 unspecified atom stereocenters. The monoisotopic (exact) mass is 256 g/mol. The van der Waals surface area contributed by atoms with Crippen molar-refractivity contribution >= 4 is 0 Å². The summed E-state index contributed by atoms with van der Waals surface area (Å²) in [4.78, 5) is 0. The van der Waals surface area contributed by atoms with E-state index in [4.69, 9.17) is 0 Å². The van der Waals surface area contributed by atoms with Crippen molar-refractivity contribution in [2.75, 3.05) is 0 Å². The van der Waals surface area contributed by atoms with E-state index < -0.39 is 0 Å². The molecule has 0 heteroatoms. The van der Waals surface area contributed by atoms with Crippen LogP contribution >= 0.6 is 0 Å². The van der Waals surface area contributed by atoms with Crippen molar-refractivity contribution in [3.05, 3.63) is 0 Å². The van der Waals surface area contributed by atoms with Crippen LogP contribution in [-0.4, -0.2) is 0 Å². The van der Waals surface area contributed by atoms with Crippen LogP contribution in [0.3, 0.4) is 0 Å². The van der Waals surface area contributed by atoms with Gasteiger partial charge in [0.05, 0.1) is 0 Å². The standard InChI is InChI=1S/C12H24.2C3H8/c1-5-7-12-10(4)9(3)8-11(12)6-2;2*1-3-2/h9-12H,5-8H2,1-4H3;2*3H2,1-2H3. The lowest BCUT2D eigenvalue weighted by Gasteiger charge is -2.21. The molecule has 0 spiro atoms. The molecule has 0 nitrogen and oxygen atoms in total. The summed E-state index contributed by atoms with van der Waals surface area (Å²) in [5, 5.41) is 0. The Balaban J connectivity index is 0. The first kappa shape index (κ1) is 20.3. The SMILES string of the molecule is CCC.CCC.CCCC1C(CC)CC(C)C1C. The Bertz CT molecular complexity index is 148. The quantitative estimate of drug-likeness (QED) is 0.513. The van der Waals surface area contributed by atoms with Gasteiger partial charge in [-0.05, 0) is 30.1 Å². The lowest BCUT2D eigenvalue weighted by molar-refractivity contribution is 0.284. The van der Waals surface area contributed by atoms with Crippen LogP contribution in [-0.2, 0) is 0 Å². The third-order valence-corrected chi connectivity index (χ3v) is 4.00. The first-order valence-electron chi connectivity index (χ1n) is 8.53. The average molecular weight is 257 g/mol. The fourth-order valence-corrected chi connectivity index (χ4v) is 3.02.